The molecule has 254 valence electrons. The quantitative estimate of drug-likeness (QED) is 0.275. The smallest absolute Gasteiger partial charge is 0.260 e. The van der Waals surface area contributed by atoms with Crippen molar-refractivity contribution >= 4 is 35.0 Å². The minimum Gasteiger partial charge on any atom is -0.493 e. The average Bonchev–Trinajstić information content (AvgIpc) is 3.66. The first-order chi connectivity index (χ1) is 23.9. The highest BCUT2D eigenvalue weighted by molar-refractivity contribution is 6.04. The van der Waals surface area contributed by atoms with E-state index in [4.69, 9.17) is 23.9 Å². The zero-order chi connectivity index (χ0) is 33.7. The summed E-state index contributed by atoms with van der Waals surface area (Å²) in [7, 11) is 3.13. The summed E-state index contributed by atoms with van der Waals surface area (Å²) in [6.07, 6.45) is 8.49. The molecule has 4 heterocycles. The Morgan fingerprint density at radius 1 is 0.918 bits per heavy atom. The number of carbonyl (C=O) groups is 2. The molecule has 0 radical (unpaired) electrons. The van der Waals surface area contributed by atoms with Gasteiger partial charge in [0.05, 0.1) is 68.6 Å². The largest absolute Gasteiger partial charge is 0.493 e. The maximum Gasteiger partial charge on any atom is 0.260 e. The third-order valence-corrected chi connectivity index (χ3v) is 10.4. The zero-order valence-corrected chi connectivity index (χ0v) is 27.7. The number of hydrogen-bond donors (Lipinski definition) is 2. The molecule has 2 atom stereocenters. The molecule has 1 saturated carbocycles. The van der Waals surface area contributed by atoms with Crippen LogP contribution in [-0.4, -0.2) is 85.5 Å². The van der Waals surface area contributed by atoms with Gasteiger partial charge in [-0.15, -0.1) is 0 Å². The van der Waals surface area contributed by atoms with Gasteiger partial charge in [-0.2, -0.15) is 0 Å². The van der Waals surface area contributed by atoms with Crippen LogP contribution in [0.3, 0.4) is 0 Å². The number of hydrogen-bond acceptors (Lipinski definition) is 9. The molecule has 49 heavy (non-hydrogen) atoms. The SMILES string of the molecule is COc1cc2c(cc1OCCCOc1cc3c(cc1OC)C(=O)N1C=C(c4ccc(CO)cc4)C[C@H]1CN3)N=C[C@@H]1CC3(CC3)CN1C2=O. The fraction of sp³-hybridized carbons (Fsp3) is 0.395. The first kappa shape index (κ1) is 31.3. The third kappa shape index (κ3) is 5.75. The van der Waals surface area contributed by atoms with E-state index in [1.807, 2.05) is 47.6 Å². The molecular formula is C38H40N4O7. The monoisotopic (exact) mass is 664 g/mol. The van der Waals surface area contributed by atoms with Gasteiger partial charge in [0.25, 0.3) is 11.8 Å². The van der Waals surface area contributed by atoms with E-state index in [9.17, 15) is 14.7 Å². The molecule has 0 aromatic heterocycles. The van der Waals surface area contributed by atoms with Crippen molar-refractivity contribution in [3.8, 4) is 23.0 Å². The summed E-state index contributed by atoms with van der Waals surface area (Å²) in [5.41, 5.74) is 5.63. The van der Waals surface area contributed by atoms with Crippen molar-refractivity contribution in [1.82, 2.24) is 9.80 Å². The van der Waals surface area contributed by atoms with Gasteiger partial charge in [-0.25, -0.2) is 0 Å². The number of aliphatic hydroxyl groups excluding tert-OH is 1. The molecule has 5 aliphatic rings. The van der Waals surface area contributed by atoms with Crippen LogP contribution in [0.4, 0.5) is 11.4 Å². The van der Waals surface area contributed by atoms with Crippen molar-refractivity contribution in [3.05, 3.63) is 77.0 Å². The topological polar surface area (TPSA) is 122 Å². The van der Waals surface area contributed by atoms with E-state index in [-0.39, 0.29) is 30.5 Å². The molecule has 8 rings (SSSR count). The Labute approximate surface area is 285 Å². The van der Waals surface area contributed by atoms with Crippen molar-refractivity contribution < 1.29 is 33.6 Å². The van der Waals surface area contributed by atoms with Gasteiger partial charge in [-0.05, 0) is 59.9 Å². The number of benzene rings is 3. The molecule has 2 amide bonds. The Kier molecular flexibility index (Phi) is 7.94. The number of rotatable bonds is 10. The predicted octanol–water partition coefficient (Wildman–Crippen LogP) is 5.44. The highest BCUT2D eigenvalue weighted by Crippen LogP contribution is 2.55. The number of methoxy groups -OCH3 is 2. The summed E-state index contributed by atoms with van der Waals surface area (Å²) in [4.78, 5) is 35.6. The lowest BCUT2D eigenvalue weighted by Gasteiger charge is -2.21. The van der Waals surface area contributed by atoms with Crippen LogP contribution < -0.4 is 24.3 Å². The average molecular weight is 665 g/mol. The predicted molar refractivity (Wildman–Crippen MR) is 184 cm³/mol. The number of carbonyl (C=O) groups excluding carboxylic acids is 2. The number of aliphatic hydroxyl groups is 1. The Morgan fingerprint density at radius 2 is 1.63 bits per heavy atom. The van der Waals surface area contributed by atoms with Crippen LogP contribution in [0, 0.1) is 5.41 Å². The van der Waals surface area contributed by atoms with Crippen LogP contribution in [0.5, 0.6) is 23.0 Å². The molecule has 2 fully saturated rings. The highest BCUT2D eigenvalue weighted by Gasteiger charge is 2.53. The Hall–Kier alpha value is -5.03. The standard InChI is InChI=1S/C38H40N4O7/c1-46-32-13-28-30(39-18-26-12-25(20-41(26)36(28)44)24-6-4-23(21-43)5-7-24)15-34(32)48-10-3-11-49-35-16-31-29(14-33(35)47-2)37(45)42-22-38(8-9-38)17-27(42)19-40-31/h4-7,13-16,19-20,26-27,39,43H,3,8-12,17-18,21-22H2,1-2H3/t26-,27-/m0/s1. The van der Waals surface area contributed by atoms with Gasteiger partial charge in [0.1, 0.15) is 0 Å². The number of anilines is 1. The third-order valence-electron chi connectivity index (χ3n) is 10.4. The van der Waals surface area contributed by atoms with Crippen LogP contribution >= 0.6 is 0 Å². The van der Waals surface area contributed by atoms with E-state index >= 15 is 0 Å². The Balaban J connectivity index is 0.910. The maximum absolute atomic E-state index is 13.7. The summed E-state index contributed by atoms with van der Waals surface area (Å²) in [5, 5.41) is 12.8. The van der Waals surface area contributed by atoms with Crippen LogP contribution in [0.1, 0.15) is 63.9 Å². The van der Waals surface area contributed by atoms with Gasteiger partial charge < -0.3 is 39.2 Å². The number of ether oxygens (including phenoxy) is 4. The first-order valence-corrected chi connectivity index (χ1v) is 16.9. The van der Waals surface area contributed by atoms with Crippen molar-refractivity contribution in [2.24, 2.45) is 10.4 Å². The van der Waals surface area contributed by atoms with Crippen LogP contribution in [0.2, 0.25) is 0 Å². The molecule has 0 unspecified atom stereocenters. The van der Waals surface area contributed by atoms with Crippen molar-refractivity contribution in [3.63, 3.8) is 0 Å². The molecule has 4 aliphatic heterocycles. The van der Waals surface area contributed by atoms with E-state index in [2.05, 4.69) is 5.32 Å². The number of nitrogens with zero attached hydrogens (tertiary/aromatic N) is 3. The molecule has 1 spiro atoms. The fourth-order valence-corrected chi connectivity index (χ4v) is 7.45. The van der Waals surface area contributed by atoms with Gasteiger partial charge in [0, 0.05) is 44.1 Å². The molecule has 3 aromatic carbocycles. The second kappa shape index (κ2) is 12.5. The zero-order valence-electron chi connectivity index (χ0n) is 27.7. The molecule has 1 saturated heterocycles. The van der Waals surface area contributed by atoms with E-state index in [1.165, 1.54) is 12.8 Å². The van der Waals surface area contributed by atoms with Gasteiger partial charge in [0.2, 0.25) is 0 Å². The minimum atomic E-state index is -0.0989. The fourth-order valence-electron chi connectivity index (χ4n) is 7.45. The molecule has 3 aromatic rings. The summed E-state index contributed by atoms with van der Waals surface area (Å²) < 4.78 is 23.5. The van der Waals surface area contributed by atoms with E-state index in [0.29, 0.717) is 77.1 Å². The lowest BCUT2D eigenvalue weighted by molar-refractivity contribution is 0.0765. The maximum atomic E-state index is 13.7. The summed E-state index contributed by atoms with van der Waals surface area (Å²) in [5.74, 6) is 1.92. The summed E-state index contributed by atoms with van der Waals surface area (Å²) in [6, 6.07) is 14.9. The minimum absolute atomic E-state index is 0.00127. The van der Waals surface area contributed by atoms with Crippen molar-refractivity contribution in [1.29, 1.82) is 0 Å². The van der Waals surface area contributed by atoms with Crippen molar-refractivity contribution in [2.75, 3.05) is 45.8 Å². The lowest BCUT2D eigenvalue weighted by Crippen LogP contribution is -2.35. The van der Waals surface area contributed by atoms with E-state index in [0.717, 1.165) is 36.1 Å². The number of nitrogens with one attached hydrogen (secondary N) is 1. The normalized spacial score (nSPS) is 21.2. The van der Waals surface area contributed by atoms with Crippen LogP contribution in [0.25, 0.3) is 5.57 Å². The van der Waals surface area contributed by atoms with E-state index in [1.54, 1.807) is 37.3 Å². The first-order valence-electron chi connectivity index (χ1n) is 16.9. The molecule has 11 heteroatoms. The van der Waals surface area contributed by atoms with Gasteiger partial charge in [-0.3, -0.25) is 14.6 Å². The van der Waals surface area contributed by atoms with Gasteiger partial charge in [-0.1, -0.05) is 24.3 Å². The lowest BCUT2D eigenvalue weighted by atomic mass is 10.0. The highest BCUT2D eigenvalue weighted by atomic mass is 16.5. The Bertz CT molecular complexity index is 1870. The number of aliphatic imine (C=N–C) groups is 1. The van der Waals surface area contributed by atoms with E-state index < -0.39 is 0 Å². The summed E-state index contributed by atoms with van der Waals surface area (Å²) >= 11 is 0. The van der Waals surface area contributed by atoms with Crippen LogP contribution in [-0.2, 0) is 6.61 Å². The van der Waals surface area contributed by atoms with Crippen molar-refractivity contribution in [2.45, 2.75) is 50.8 Å². The second-order valence-corrected chi connectivity index (χ2v) is 13.6. The number of fused-ring (bicyclic) bond motifs is 4. The Morgan fingerprint density at radius 3 is 2.33 bits per heavy atom. The number of amides is 2. The molecule has 1 aliphatic carbocycles. The van der Waals surface area contributed by atoms with Crippen LogP contribution in [0.15, 0.2) is 59.7 Å². The molecule has 2 N–H and O–H groups in total. The summed E-state index contributed by atoms with van der Waals surface area (Å²) in [6.45, 7) is 2.08. The van der Waals surface area contributed by atoms with Gasteiger partial charge >= 0.3 is 0 Å². The molecular weight excluding hydrogens is 624 g/mol. The van der Waals surface area contributed by atoms with Gasteiger partial charge in [0.15, 0.2) is 23.0 Å². The molecule has 0 bridgehead atoms. The second-order valence-electron chi connectivity index (χ2n) is 13.6. The molecule has 11 nitrogen and oxygen atoms in total.